The molecule has 150 valence electrons. The highest BCUT2D eigenvalue weighted by molar-refractivity contribution is 7.91. The molecule has 0 radical (unpaired) electrons. The molecule has 1 atom stereocenters. The van der Waals surface area contributed by atoms with E-state index in [-0.39, 0.29) is 28.1 Å². The first-order valence-electron chi connectivity index (χ1n) is 8.63. The van der Waals surface area contributed by atoms with Gasteiger partial charge in [-0.1, -0.05) is 11.6 Å². The van der Waals surface area contributed by atoms with Crippen LogP contribution in [0.15, 0.2) is 24.3 Å². The zero-order valence-electron chi connectivity index (χ0n) is 15.4. The SMILES string of the molecule is Cc1cc(C(=O)COC(=O)c2cc(Cl)ccc2F)c(C)n1C1CCS(=O)(=O)C1. The van der Waals surface area contributed by atoms with Crippen molar-refractivity contribution in [2.75, 3.05) is 18.1 Å². The first-order valence-corrected chi connectivity index (χ1v) is 10.8. The zero-order valence-corrected chi connectivity index (χ0v) is 16.9. The summed E-state index contributed by atoms with van der Waals surface area (Å²) in [5.41, 5.74) is 1.38. The van der Waals surface area contributed by atoms with Crippen molar-refractivity contribution in [3.63, 3.8) is 0 Å². The number of ether oxygens (including phenoxy) is 1. The Balaban J connectivity index is 1.74. The number of carbonyl (C=O) groups excluding carboxylic acids is 2. The van der Waals surface area contributed by atoms with E-state index < -0.39 is 34.0 Å². The Hall–Kier alpha value is -2.19. The van der Waals surface area contributed by atoms with E-state index >= 15 is 0 Å². The number of aromatic nitrogens is 1. The van der Waals surface area contributed by atoms with E-state index in [1.165, 1.54) is 6.07 Å². The van der Waals surface area contributed by atoms with E-state index in [0.29, 0.717) is 17.7 Å². The fraction of sp³-hybridized carbons (Fsp3) is 0.368. The van der Waals surface area contributed by atoms with Gasteiger partial charge in [-0.25, -0.2) is 17.6 Å². The maximum absolute atomic E-state index is 13.7. The monoisotopic (exact) mass is 427 g/mol. The van der Waals surface area contributed by atoms with Crippen molar-refractivity contribution >= 4 is 33.2 Å². The Morgan fingerprint density at radius 3 is 2.61 bits per heavy atom. The molecule has 0 amide bonds. The molecule has 1 saturated heterocycles. The second kappa shape index (κ2) is 7.67. The quantitative estimate of drug-likeness (QED) is 0.540. The summed E-state index contributed by atoms with van der Waals surface area (Å²) in [5.74, 6) is -2.05. The molecular formula is C19H19ClFNO5S. The summed E-state index contributed by atoms with van der Waals surface area (Å²) in [4.78, 5) is 24.6. The number of rotatable bonds is 5. The van der Waals surface area contributed by atoms with Gasteiger partial charge in [-0.2, -0.15) is 0 Å². The molecule has 2 aromatic rings. The van der Waals surface area contributed by atoms with Crippen LogP contribution in [0, 0.1) is 19.7 Å². The summed E-state index contributed by atoms with van der Waals surface area (Å²) >= 11 is 5.76. The molecule has 0 saturated carbocycles. The fourth-order valence-electron chi connectivity index (χ4n) is 3.54. The number of sulfone groups is 1. The van der Waals surface area contributed by atoms with Crippen LogP contribution >= 0.6 is 11.6 Å². The topological polar surface area (TPSA) is 82.4 Å². The largest absolute Gasteiger partial charge is 0.454 e. The van der Waals surface area contributed by atoms with Crippen LogP contribution in [0.2, 0.25) is 5.02 Å². The van der Waals surface area contributed by atoms with Gasteiger partial charge in [0.15, 0.2) is 16.4 Å². The average Bonchev–Trinajstić information content (AvgIpc) is 3.12. The lowest BCUT2D eigenvalue weighted by molar-refractivity contribution is 0.0470. The number of hydrogen-bond acceptors (Lipinski definition) is 5. The highest BCUT2D eigenvalue weighted by Crippen LogP contribution is 2.29. The average molecular weight is 428 g/mol. The Morgan fingerprint density at radius 1 is 1.25 bits per heavy atom. The third-order valence-corrected chi connectivity index (χ3v) is 6.83. The maximum Gasteiger partial charge on any atom is 0.341 e. The number of aryl methyl sites for hydroxylation is 1. The van der Waals surface area contributed by atoms with Gasteiger partial charge in [-0.3, -0.25) is 4.79 Å². The van der Waals surface area contributed by atoms with Gasteiger partial charge >= 0.3 is 5.97 Å². The van der Waals surface area contributed by atoms with E-state index in [2.05, 4.69) is 0 Å². The molecule has 0 bridgehead atoms. The predicted octanol–water partition coefficient (Wildman–Crippen LogP) is 3.30. The number of ketones is 1. The highest BCUT2D eigenvalue weighted by Gasteiger charge is 2.31. The molecule has 1 aromatic heterocycles. The van der Waals surface area contributed by atoms with Crippen LogP contribution in [0.25, 0.3) is 0 Å². The second-order valence-electron chi connectivity index (χ2n) is 6.84. The van der Waals surface area contributed by atoms with Crippen LogP contribution in [-0.2, 0) is 14.6 Å². The lowest BCUT2D eigenvalue weighted by atomic mass is 10.1. The molecule has 0 aliphatic carbocycles. The Labute approximate surface area is 167 Å². The van der Waals surface area contributed by atoms with Crippen molar-refractivity contribution in [2.24, 2.45) is 0 Å². The van der Waals surface area contributed by atoms with E-state index in [9.17, 15) is 22.4 Å². The minimum atomic E-state index is -3.07. The molecule has 2 heterocycles. The molecule has 1 aliphatic heterocycles. The van der Waals surface area contributed by atoms with Crippen LogP contribution in [0.3, 0.4) is 0 Å². The number of nitrogens with zero attached hydrogens (tertiary/aromatic N) is 1. The van der Waals surface area contributed by atoms with E-state index in [4.69, 9.17) is 16.3 Å². The third-order valence-electron chi connectivity index (χ3n) is 4.84. The van der Waals surface area contributed by atoms with Crippen LogP contribution in [0.5, 0.6) is 0 Å². The van der Waals surface area contributed by atoms with Gasteiger partial charge in [0.1, 0.15) is 5.82 Å². The first kappa shape index (κ1) is 20.5. The Bertz CT molecular complexity index is 1060. The standard InChI is InChI=1S/C19H19ClFNO5S/c1-11-7-15(12(2)22(11)14-5-6-28(25,26)10-14)18(23)9-27-19(24)16-8-13(20)3-4-17(16)21/h3-4,7-8,14H,5-6,9-10H2,1-2H3. The van der Waals surface area contributed by atoms with Crippen LogP contribution in [-0.4, -0.2) is 42.9 Å². The van der Waals surface area contributed by atoms with Crippen molar-refractivity contribution in [1.82, 2.24) is 4.57 Å². The van der Waals surface area contributed by atoms with Crippen LogP contribution in [0.4, 0.5) is 4.39 Å². The van der Waals surface area contributed by atoms with Gasteiger partial charge < -0.3 is 9.30 Å². The first-order chi connectivity index (χ1) is 13.1. The minimum Gasteiger partial charge on any atom is -0.454 e. The summed E-state index contributed by atoms with van der Waals surface area (Å²) in [6.45, 7) is 2.96. The molecule has 1 aliphatic rings. The molecule has 28 heavy (non-hydrogen) atoms. The summed E-state index contributed by atoms with van der Waals surface area (Å²) < 4.78 is 44.0. The van der Waals surface area contributed by atoms with E-state index in [0.717, 1.165) is 17.8 Å². The molecule has 1 aromatic carbocycles. The summed E-state index contributed by atoms with van der Waals surface area (Å²) in [5, 5.41) is 0.176. The zero-order chi connectivity index (χ0) is 20.6. The minimum absolute atomic E-state index is 0.0417. The number of esters is 1. The van der Waals surface area contributed by atoms with Crippen molar-refractivity contribution in [3.8, 4) is 0 Å². The number of carbonyl (C=O) groups is 2. The summed E-state index contributed by atoms with van der Waals surface area (Å²) in [6.07, 6.45) is 0.495. The normalized spacial score (nSPS) is 18.2. The lowest BCUT2D eigenvalue weighted by Gasteiger charge is -2.16. The van der Waals surface area contributed by atoms with Crippen molar-refractivity contribution in [1.29, 1.82) is 0 Å². The molecule has 1 unspecified atom stereocenters. The van der Waals surface area contributed by atoms with Crippen molar-refractivity contribution in [3.05, 3.63) is 57.6 Å². The smallest absolute Gasteiger partial charge is 0.341 e. The molecule has 6 nitrogen and oxygen atoms in total. The Kier molecular flexibility index (Phi) is 5.63. The molecule has 0 N–H and O–H groups in total. The van der Waals surface area contributed by atoms with Crippen molar-refractivity contribution < 1.29 is 27.1 Å². The molecule has 9 heteroatoms. The van der Waals surface area contributed by atoms with Gasteiger partial charge in [-0.15, -0.1) is 0 Å². The molecule has 3 rings (SSSR count). The van der Waals surface area contributed by atoms with Gasteiger partial charge in [0.05, 0.1) is 17.1 Å². The van der Waals surface area contributed by atoms with E-state index in [1.54, 1.807) is 19.9 Å². The Morgan fingerprint density at radius 2 is 1.96 bits per heavy atom. The lowest BCUT2D eigenvalue weighted by Crippen LogP contribution is -2.17. The third kappa shape index (κ3) is 4.12. The van der Waals surface area contributed by atoms with Crippen molar-refractivity contribution in [2.45, 2.75) is 26.3 Å². The van der Waals surface area contributed by atoms with Crippen LogP contribution in [0.1, 0.15) is 44.6 Å². The fourth-order valence-corrected chi connectivity index (χ4v) is 5.41. The summed E-state index contributed by atoms with van der Waals surface area (Å²) in [7, 11) is -3.07. The van der Waals surface area contributed by atoms with Gasteiger partial charge in [0.25, 0.3) is 0 Å². The summed E-state index contributed by atoms with van der Waals surface area (Å²) in [6, 6.07) is 4.92. The predicted molar refractivity (Wildman–Crippen MR) is 102 cm³/mol. The highest BCUT2D eigenvalue weighted by atomic mass is 35.5. The molecular weight excluding hydrogens is 409 g/mol. The van der Waals surface area contributed by atoms with Crippen LogP contribution < -0.4 is 0 Å². The van der Waals surface area contributed by atoms with Gasteiger partial charge in [0.2, 0.25) is 5.78 Å². The maximum atomic E-state index is 13.7. The molecule has 0 spiro atoms. The molecule has 1 fully saturated rings. The van der Waals surface area contributed by atoms with Gasteiger partial charge in [-0.05, 0) is 44.5 Å². The second-order valence-corrected chi connectivity index (χ2v) is 9.50. The number of hydrogen-bond donors (Lipinski definition) is 0. The number of halogens is 2. The van der Waals surface area contributed by atoms with E-state index in [1.807, 2.05) is 4.57 Å². The number of Topliss-reactive ketones (excluding diaryl/α,β-unsaturated/α-hetero) is 1. The van der Waals surface area contributed by atoms with Gasteiger partial charge in [0, 0.05) is 28.0 Å². The number of benzene rings is 1.